The predicted octanol–water partition coefficient (Wildman–Crippen LogP) is 2.48. The molecule has 0 heterocycles. The van der Waals surface area contributed by atoms with E-state index in [-0.39, 0.29) is 0 Å². The first-order valence-electron chi connectivity index (χ1n) is 7.93. The first kappa shape index (κ1) is 15.8. The quantitative estimate of drug-likeness (QED) is 0.786. The fourth-order valence-electron chi connectivity index (χ4n) is 3.31. The van der Waals surface area contributed by atoms with Gasteiger partial charge < -0.3 is 10.0 Å². The van der Waals surface area contributed by atoms with Gasteiger partial charge in [-0.25, -0.2) is 0 Å². The predicted molar refractivity (Wildman–Crippen MR) is 80.9 cm³/mol. The fourth-order valence-corrected chi connectivity index (χ4v) is 3.31. The van der Waals surface area contributed by atoms with Crippen LogP contribution in [0.2, 0.25) is 0 Å². The van der Waals surface area contributed by atoms with Crippen LogP contribution in [0.1, 0.15) is 59.3 Å². The number of likely N-dealkylation sites (N-methyl/N-ethyl adjacent to an activating group) is 1. The summed E-state index contributed by atoms with van der Waals surface area (Å²) in [5, 5.41) is 12.9. The van der Waals surface area contributed by atoms with E-state index in [4.69, 9.17) is 0 Å². The molecule has 2 aliphatic rings. The SMILES string of the molecule is CN(CC(C)(NC1CC1)C(=O)O)C1CCC(C)(C)CC1. The van der Waals surface area contributed by atoms with Crippen LogP contribution in [0.25, 0.3) is 0 Å². The van der Waals surface area contributed by atoms with Gasteiger partial charge in [0.15, 0.2) is 0 Å². The Hall–Kier alpha value is -0.610. The van der Waals surface area contributed by atoms with E-state index >= 15 is 0 Å². The lowest BCUT2D eigenvalue weighted by atomic mass is 9.75. The van der Waals surface area contributed by atoms with Crippen molar-refractivity contribution in [3.63, 3.8) is 0 Å². The Kier molecular flexibility index (Phi) is 4.45. The maximum atomic E-state index is 11.6. The minimum Gasteiger partial charge on any atom is -0.480 e. The second-order valence-electron chi connectivity index (χ2n) is 7.87. The number of nitrogens with one attached hydrogen (secondary N) is 1. The van der Waals surface area contributed by atoms with Crippen LogP contribution >= 0.6 is 0 Å². The van der Waals surface area contributed by atoms with Crippen molar-refractivity contribution in [2.45, 2.75) is 76.9 Å². The molecule has 0 amide bonds. The second kappa shape index (κ2) is 5.64. The normalized spacial score (nSPS) is 26.4. The Bertz CT molecular complexity index is 355. The van der Waals surface area contributed by atoms with Gasteiger partial charge in [0, 0.05) is 18.6 Å². The third kappa shape index (κ3) is 3.95. The highest BCUT2D eigenvalue weighted by molar-refractivity contribution is 5.78. The molecule has 0 aliphatic heterocycles. The molecule has 1 unspecified atom stereocenters. The summed E-state index contributed by atoms with van der Waals surface area (Å²) in [6.45, 7) is 7.08. The van der Waals surface area contributed by atoms with Crippen LogP contribution in [0.3, 0.4) is 0 Å². The number of carboxylic acid groups (broad SMARTS) is 1. The number of nitrogens with zero attached hydrogens (tertiary/aromatic N) is 1. The van der Waals surface area contributed by atoms with Crippen molar-refractivity contribution >= 4 is 5.97 Å². The Balaban J connectivity index is 1.91. The maximum absolute atomic E-state index is 11.6. The fraction of sp³-hybridized carbons (Fsp3) is 0.938. The zero-order chi connectivity index (χ0) is 15.0. The minimum absolute atomic E-state index is 0.412. The molecular formula is C16H30N2O2. The van der Waals surface area contributed by atoms with Gasteiger partial charge in [-0.05, 0) is 57.9 Å². The molecule has 2 rings (SSSR count). The standard InChI is InChI=1S/C16H30N2O2/c1-15(2)9-7-13(8-10-15)18(4)11-16(3,14(19)20)17-12-5-6-12/h12-13,17H,5-11H2,1-4H3,(H,19,20). The molecule has 0 radical (unpaired) electrons. The molecular weight excluding hydrogens is 252 g/mol. The number of hydrogen-bond donors (Lipinski definition) is 2. The molecule has 0 aromatic rings. The molecule has 20 heavy (non-hydrogen) atoms. The molecule has 0 saturated heterocycles. The molecule has 0 aromatic carbocycles. The van der Waals surface area contributed by atoms with Crippen molar-refractivity contribution in [2.75, 3.05) is 13.6 Å². The van der Waals surface area contributed by atoms with Crippen LogP contribution < -0.4 is 5.32 Å². The van der Waals surface area contributed by atoms with E-state index in [9.17, 15) is 9.90 Å². The van der Waals surface area contributed by atoms with Crippen molar-refractivity contribution in [3.8, 4) is 0 Å². The lowest BCUT2D eigenvalue weighted by Crippen LogP contribution is -2.58. The molecule has 0 aromatic heterocycles. The monoisotopic (exact) mass is 282 g/mol. The average molecular weight is 282 g/mol. The average Bonchev–Trinajstić information content (AvgIpc) is 3.12. The molecule has 4 heteroatoms. The summed E-state index contributed by atoms with van der Waals surface area (Å²) in [7, 11) is 2.08. The van der Waals surface area contributed by atoms with Gasteiger partial charge in [-0.1, -0.05) is 13.8 Å². The van der Waals surface area contributed by atoms with Crippen LogP contribution in [-0.4, -0.2) is 47.2 Å². The van der Waals surface area contributed by atoms with Gasteiger partial charge in [0.1, 0.15) is 5.54 Å². The van der Waals surface area contributed by atoms with E-state index in [1.807, 2.05) is 6.92 Å². The maximum Gasteiger partial charge on any atom is 0.324 e. The smallest absolute Gasteiger partial charge is 0.324 e. The number of carbonyl (C=O) groups is 1. The molecule has 0 spiro atoms. The highest BCUT2D eigenvalue weighted by Crippen LogP contribution is 2.37. The van der Waals surface area contributed by atoms with Crippen LogP contribution in [0, 0.1) is 5.41 Å². The van der Waals surface area contributed by atoms with Gasteiger partial charge in [0.2, 0.25) is 0 Å². The number of rotatable bonds is 6. The largest absolute Gasteiger partial charge is 0.480 e. The lowest BCUT2D eigenvalue weighted by molar-refractivity contribution is -0.145. The van der Waals surface area contributed by atoms with Crippen LogP contribution in [0.5, 0.6) is 0 Å². The third-order valence-electron chi connectivity index (χ3n) is 5.07. The van der Waals surface area contributed by atoms with E-state index in [0.29, 0.717) is 24.0 Å². The first-order chi connectivity index (χ1) is 9.22. The molecule has 2 saturated carbocycles. The third-order valence-corrected chi connectivity index (χ3v) is 5.07. The van der Waals surface area contributed by atoms with Crippen LogP contribution in [-0.2, 0) is 4.79 Å². The molecule has 2 fully saturated rings. The Morgan fingerprint density at radius 2 is 1.85 bits per heavy atom. The minimum atomic E-state index is -0.817. The van der Waals surface area contributed by atoms with Crippen molar-refractivity contribution in [2.24, 2.45) is 5.41 Å². The van der Waals surface area contributed by atoms with Crippen LogP contribution in [0.15, 0.2) is 0 Å². The summed E-state index contributed by atoms with van der Waals surface area (Å²) in [5.74, 6) is -0.729. The summed E-state index contributed by atoms with van der Waals surface area (Å²) in [6, 6.07) is 0.942. The summed E-state index contributed by atoms with van der Waals surface area (Å²) in [4.78, 5) is 13.9. The Labute approximate surface area is 122 Å². The van der Waals surface area contributed by atoms with Crippen LogP contribution in [0.4, 0.5) is 0 Å². The molecule has 2 aliphatic carbocycles. The molecule has 2 N–H and O–H groups in total. The summed E-state index contributed by atoms with van der Waals surface area (Å²) in [5.41, 5.74) is -0.359. The van der Waals surface area contributed by atoms with Gasteiger partial charge in [0.25, 0.3) is 0 Å². The topological polar surface area (TPSA) is 52.6 Å². The Morgan fingerprint density at radius 3 is 2.30 bits per heavy atom. The summed E-state index contributed by atoms with van der Waals surface area (Å²) >= 11 is 0. The number of aliphatic carboxylic acids is 1. The zero-order valence-corrected chi connectivity index (χ0v) is 13.4. The van der Waals surface area contributed by atoms with Crippen molar-refractivity contribution in [3.05, 3.63) is 0 Å². The van der Waals surface area contributed by atoms with Gasteiger partial charge in [-0.3, -0.25) is 10.1 Å². The van der Waals surface area contributed by atoms with Crippen molar-refractivity contribution in [1.29, 1.82) is 0 Å². The van der Waals surface area contributed by atoms with E-state index < -0.39 is 11.5 Å². The second-order valence-corrected chi connectivity index (χ2v) is 7.87. The van der Waals surface area contributed by atoms with Crippen molar-refractivity contribution < 1.29 is 9.90 Å². The molecule has 4 nitrogen and oxygen atoms in total. The zero-order valence-electron chi connectivity index (χ0n) is 13.4. The summed E-state index contributed by atoms with van der Waals surface area (Å²) < 4.78 is 0. The van der Waals surface area contributed by atoms with Gasteiger partial charge in [-0.2, -0.15) is 0 Å². The van der Waals surface area contributed by atoms with E-state index in [0.717, 1.165) is 12.8 Å². The first-order valence-corrected chi connectivity index (χ1v) is 7.93. The van der Waals surface area contributed by atoms with Gasteiger partial charge in [0.05, 0.1) is 0 Å². The van der Waals surface area contributed by atoms with Gasteiger partial charge in [-0.15, -0.1) is 0 Å². The highest BCUT2D eigenvalue weighted by atomic mass is 16.4. The highest BCUT2D eigenvalue weighted by Gasteiger charge is 2.41. The molecule has 116 valence electrons. The summed E-state index contributed by atoms with van der Waals surface area (Å²) in [6.07, 6.45) is 7.07. The van der Waals surface area contributed by atoms with E-state index in [2.05, 4.69) is 31.1 Å². The molecule has 1 atom stereocenters. The number of carboxylic acids is 1. The Morgan fingerprint density at radius 1 is 1.30 bits per heavy atom. The van der Waals surface area contributed by atoms with E-state index in [1.54, 1.807) is 0 Å². The van der Waals surface area contributed by atoms with Crippen molar-refractivity contribution in [1.82, 2.24) is 10.2 Å². The molecule has 0 bridgehead atoms. The number of hydrogen-bond acceptors (Lipinski definition) is 3. The van der Waals surface area contributed by atoms with E-state index in [1.165, 1.54) is 25.7 Å². The lowest BCUT2D eigenvalue weighted by Gasteiger charge is -2.41. The van der Waals surface area contributed by atoms with Gasteiger partial charge >= 0.3 is 5.97 Å².